The Labute approximate surface area is 78.4 Å². The minimum atomic E-state index is -0.750. The van der Waals surface area contributed by atoms with Crippen molar-refractivity contribution in [2.24, 2.45) is 0 Å². The zero-order valence-electron chi connectivity index (χ0n) is 6.77. The summed E-state index contributed by atoms with van der Waals surface area (Å²) in [6, 6.07) is 5.75. The van der Waals surface area contributed by atoms with Gasteiger partial charge in [-0.15, -0.1) is 12.4 Å². The van der Waals surface area contributed by atoms with Crippen LogP contribution in [0, 0.1) is 0 Å². The summed E-state index contributed by atoms with van der Waals surface area (Å²) in [6.07, 6.45) is 1.76. The van der Waals surface area contributed by atoms with Crippen molar-refractivity contribution in [3.05, 3.63) is 24.4 Å². The fraction of sp³-hybridized carbons (Fsp3) is 0.167. The average Bonchev–Trinajstić information content (AvgIpc) is 2.08. The highest BCUT2D eigenvalue weighted by Gasteiger charge is 1.79. The SMILES string of the molecule is CNc1ccccn1.Cl.OBO. The first-order valence-electron chi connectivity index (χ1n) is 3.15. The first kappa shape index (κ1) is 13.8. The predicted molar refractivity (Wildman–Crippen MR) is 52.6 cm³/mol. The summed E-state index contributed by atoms with van der Waals surface area (Å²) >= 11 is 0. The van der Waals surface area contributed by atoms with Gasteiger partial charge in [0.1, 0.15) is 5.82 Å². The van der Waals surface area contributed by atoms with Gasteiger partial charge in [0.05, 0.1) is 0 Å². The average molecular weight is 190 g/mol. The van der Waals surface area contributed by atoms with E-state index in [2.05, 4.69) is 10.3 Å². The van der Waals surface area contributed by atoms with Crippen LogP contribution in [0.4, 0.5) is 5.82 Å². The van der Waals surface area contributed by atoms with Crippen molar-refractivity contribution >= 4 is 25.9 Å². The molecule has 0 fully saturated rings. The minimum Gasteiger partial charge on any atom is -0.430 e. The van der Waals surface area contributed by atoms with Crippen LogP contribution in [-0.2, 0) is 0 Å². The third kappa shape index (κ3) is 7.33. The van der Waals surface area contributed by atoms with Gasteiger partial charge in [0, 0.05) is 13.2 Å². The number of nitrogens with zero attached hydrogens (tertiary/aromatic N) is 1. The van der Waals surface area contributed by atoms with Crippen LogP contribution < -0.4 is 5.32 Å². The molecule has 4 nitrogen and oxygen atoms in total. The molecule has 1 aromatic rings. The van der Waals surface area contributed by atoms with Crippen molar-refractivity contribution < 1.29 is 10.0 Å². The Morgan fingerprint density at radius 3 is 2.25 bits per heavy atom. The number of hydrogen-bond acceptors (Lipinski definition) is 4. The maximum absolute atomic E-state index is 7.12. The highest BCUT2D eigenvalue weighted by atomic mass is 35.5. The third-order valence-corrected chi connectivity index (χ3v) is 0.921. The molecule has 1 aromatic heterocycles. The van der Waals surface area contributed by atoms with Crippen LogP contribution in [0.1, 0.15) is 0 Å². The van der Waals surface area contributed by atoms with Gasteiger partial charge >= 0.3 is 7.69 Å². The molecule has 0 amide bonds. The molecule has 0 aliphatic heterocycles. The first-order valence-corrected chi connectivity index (χ1v) is 3.15. The minimum absolute atomic E-state index is 0. The van der Waals surface area contributed by atoms with E-state index in [9.17, 15) is 0 Å². The number of nitrogens with one attached hydrogen (secondary N) is 1. The molecule has 12 heavy (non-hydrogen) atoms. The normalized spacial score (nSPS) is 6.92. The van der Waals surface area contributed by atoms with Gasteiger partial charge < -0.3 is 15.4 Å². The summed E-state index contributed by atoms with van der Waals surface area (Å²) in [5, 5.41) is 17.2. The number of halogens is 1. The van der Waals surface area contributed by atoms with E-state index in [-0.39, 0.29) is 12.4 Å². The summed E-state index contributed by atoms with van der Waals surface area (Å²) in [4.78, 5) is 3.99. The monoisotopic (exact) mass is 190 g/mol. The van der Waals surface area contributed by atoms with Gasteiger partial charge in [0.15, 0.2) is 0 Å². The number of anilines is 1. The number of hydrogen-bond donors (Lipinski definition) is 3. The Kier molecular flexibility index (Phi) is 11.8. The maximum atomic E-state index is 7.12. The molecule has 1 heterocycles. The van der Waals surface area contributed by atoms with E-state index in [4.69, 9.17) is 10.0 Å². The number of pyridine rings is 1. The molecule has 0 aliphatic rings. The van der Waals surface area contributed by atoms with E-state index in [1.54, 1.807) is 6.20 Å². The Balaban J connectivity index is 0. The molecule has 1 rings (SSSR count). The van der Waals surface area contributed by atoms with E-state index in [0.717, 1.165) is 5.82 Å². The number of rotatable bonds is 1. The van der Waals surface area contributed by atoms with Gasteiger partial charge in [0.2, 0.25) is 0 Å². The second kappa shape index (κ2) is 10.2. The molecule has 3 N–H and O–H groups in total. The quantitative estimate of drug-likeness (QED) is 0.536. The summed E-state index contributed by atoms with van der Waals surface area (Å²) in [5.74, 6) is 0.910. The molecule has 68 valence electrons. The highest BCUT2D eigenvalue weighted by Crippen LogP contribution is 1.95. The molecular weight excluding hydrogens is 178 g/mol. The smallest absolute Gasteiger partial charge is 0.430 e. The zero-order chi connectivity index (χ0) is 8.53. The molecule has 0 aromatic carbocycles. The molecule has 0 aliphatic carbocycles. The van der Waals surface area contributed by atoms with Crippen LogP contribution in [-0.4, -0.2) is 29.8 Å². The third-order valence-electron chi connectivity index (χ3n) is 0.921. The van der Waals surface area contributed by atoms with Crippen molar-refractivity contribution in [1.29, 1.82) is 0 Å². The molecule has 0 bridgehead atoms. The lowest BCUT2D eigenvalue weighted by atomic mass is 10.5. The predicted octanol–water partition coefficient (Wildman–Crippen LogP) is -0.217. The van der Waals surface area contributed by atoms with Crippen molar-refractivity contribution in [2.75, 3.05) is 12.4 Å². The largest absolute Gasteiger partial charge is 0.432 e. The maximum Gasteiger partial charge on any atom is 0.432 e. The van der Waals surface area contributed by atoms with Crippen LogP contribution in [0.25, 0.3) is 0 Å². The zero-order valence-corrected chi connectivity index (χ0v) is 7.58. The van der Waals surface area contributed by atoms with E-state index < -0.39 is 7.69 Å². The number of aromatic nitrogens is 1. The van der Waals surface area contributed by atoms with E-state index in [1.807, 2.05) is 25.2 Å². The summed E-state index contributed by atoms with van der Waals surface area (Å²) < 4.78 is 0. The standard InChI is InChI=1S/C6H8N2.BH3O2.ClH/c1-7-6-4-2-3-5-8-6;2-1-3;/h2-5H,1H3,(H,7,8);1-3H;1H. The molecule has 0 unspecified atom stereocenters. The van der Waals surface area contributed by atoms with Crippen LogP contribution in [0.2, 0.25) is 0 Å². The summed E-state index contributed by atoms with van der Waals surface area (Å²) in [7, 11) is 1.10. The Morgan fingerprint density at radius 1 is 1.42 bits per heavy atom. The van der Waals surface area contributed by atoms with Gasteiger partial charge in [-0.05, 0) is 12.1 Å². The van der Waals surface area contributed by atoms with Crippen LogP contribution in [0.5, 0.6) is 0 Å². The topological polar surface area (TPSA) is 65.4 Å². The molecule has 0 atom stereocenters. The molecule has 0 radical (unpaired) electrons. The summed E-state index contributed by atoms with van der Waals surface area (Å²) in [5.41, 5.74) is 0. The molecule has 0 spiro atoms. The lowest BCUT2D eigenvalue weighted by molar-refractivity contribution is 0.448. The van der Waals surface area contributed by atoms with Gasteiger partial charge in [-0.25, -0.2) is 4.98 Å². The fourth-order valence-corrected chi connectivity index (χ4v) is 0.511. The van der Waals surface area contributed by atoms with Gasteiger partial charge in [-0.3, -0.25) is 0 Å². The van der Waals surface area contributed by atoms with Crippen LogP contribution >= 0.6 is 12.4 Å². The van der Waals surface area contributed by atoms with Crippen molar-refractivity contribution in [3.63, 3.8) is 0 Å². The lowest BCUT2D eigenvalue weighted by Gasteiger charge is -1.92. The van der Waals surface area contributed by atoms with Gasteiger partial charge in [0.25, 0.3) is 0 Å². The molecule has 6 heteroatoms. The lowest BCUT2D eigenvalue weighted by Crippen LogP contribution is -1.88. The molecular formula is C6H12BClN2O2. The van der Waals surface area contributed by atoms with E-state index in [1.165, 1.54) is 0 Å². The fourth-order valence-electron chi connectivity index (χ4n) is 0.511. The van der Waals surface area contributed by atoms with E-state index in [0.29, 0.717) is 0 Å². The second-order valence-corrected chi connectivity index (χ2v) is 1.61. The Morgan fingerprint density at radius 2 is 2.00 bits per heavy atom. The molecule has 0 saturated heterocycles. The summed E-state index contributed by atoms with van der Waals surface area (Å²) in [6.45, 7) is 0. The highest BCUT2D eigenvalue weighted by molar-refractivity contribution is 6.13. The van der Waals surface area contributed by atoms with Crippen LogP contribution in [0.15, 0.2) is 24.4 Å². The Hall–Kier alpha value is -0.775. The van der Waals surface area contributed by atoms with Gasteiger partial charge in [-0.2, -0.15) is 0 Å². The second-order valence-electron chi connectivity index (χ2n) is 1.61. The van der Waals surface area contributed by atoms with Crippen molar-refractivity contribution in [3.8, 4) is 0 Å². The van der Waals surface area contributed by atoms with Crippen LogP contribution in [0.3, 0.4) is 0 Å². The van der Waals surface area contributed by atoms with Gasteiger partial charge in [-0.1, -0.05) is 6.07 Å². The van der Waals surface area contributed by atoms with Crippen molar-refractivity contribution in [2.45, 2.75) is 0 Å². The van der Waals surface area contributed by atoms with Crippen molar-refractivity contribution in [1.82, 2.24) is 4.98 Å². The Bertz CT molecular complexity index is 176. The molecule has 0 saturated carbocycles. The van der Waals surface area contributed by atoms with E-state index >= 15 is 0 Å². The first-order chi connectivity index (χ1) is 5.35.